The maximum atomic E-state index is 10.9. The number of carbonyl (C=O) groups excluding carboxylic acids is 1. The van der Waals surface area contributed by atoms with Crippen LogP contribution in [0.5, 0.6) is 11.5 Å². The van der Waals surface area contributed by atoms with Crippen LogP contribution in [-0.2, 0) is 4.79 Å². The van der Waals surface area contributed by atoms with Crippen molar-refractivity contribution in [2.75, 3.05) is 14.2 Å². The van der Waals surface area contributed by atoms with Crippen LogP contribution in [0.1, 0.15) is 12.5 Å². The molecule has 1 rings (SSSR count). The Labute approximate surface area is 109 Å². The summed E-state index contributed by atoms with van der Waals surface area (Å²) in [5.41, 5.74) is 2.33. The number of hydrogen-bond donors (Lipinski definition) is 1. The number of benzene rings is 1. The average Bonchev–Trinajstić information content (AvgIpc) is 2.37. The number of nitrogens with zero attached hydrogens (tertiary/aromatic N) is 2. The molecule has 1 amide bonds. The van der Waals surface area contributed by atoms with Crippen molar-refractivity contribution in [2.24, 2.45) is 5.10 Å². The highest BCUT2D eigenvalue weighted by atomic mass is 16.6. The monoisotopic (exact) mass is 267 g/mol. The van der Waals surface area contributed by atoms with E-state index in [0.717, 1.165) is 0 Å². The van der Waals surface area contributed by atoms with E-state index in [9.17, 15) is 14.9 Å². The first-order valence-electron chi connectivity index (χ1n) is 5.19. The van der Waals surface area contributed by atoms with Crippen LogP contribution in [0.25, 0.3) is 0 Å². The van der Waals surface area contributed by atoms with Gasteiger partial charge < -0.3 is 9.47 Å². The van der Waals surface area contributed by atoms with Crippen LogP contribution in [0.3, 0.4) is 0 Å². The largest absolute Gasteiger partial charge is 0.496 e. The minimum Gasteiger partial charge on any atom is -0.496 e. The third-order valence-corrected chi connectivity index (χ3v) is 2.15. The van der Waals surface area contributed by atoms with Gasteiger partial charge in [0.1, 0.15) is 5.75 Å². The fraction of sp³-hybridized carbons (Fsp3) is 0.273. The first kappa shape index (κ1) is 14.4. The number of hydrazone groups is 1. The SMILES string of the molecule is COc1cc(OC)c([N+](=O)[O-])cc1/C=N\NC(C)=O. The quantitative estimate of drug-likeness (QED) is 0.488. The zero-order chi connectivity index (χ0) is 14.4. The summed E-state index contributed by atoms with van der Waals surface area (Å²) in [4.78, 5) is 21.0. The van der Waals surface area contributed by atoms with Gasteiger partial charge in [0, 0.05) is 24.6 Å². The molecule has 1 N–H and O–H groups in total. The molecule has 0 radical (unpaired) electrons. The standard InChI is InChI=1S/C11H13N3O5/c1-7(15)13-12-6-8-4-9(14(16)17)11(19-3)5-10(8)18-2/h4-6H,1-3H3,(H,13,15)/b12-6-. The fourth-order valence-electron chi connectivity index (χ4n) is 1.34. The molecule has 0 aliphatic heterocycles. The zero-order valence-electron chi connectivity index (χ0n) is 10.7. The van der Waals surface area contributed by atoms with E-state index in [-0.39, 0.29) is 17.3 Å². The molecule has 0 unspecified atom stereocenters. The number of rotatable bonds is 5. The van der Waals surface area contributed by atoms with Crippen molar-refractivity contribution in [3.63, 3.8) is 0 Å². The summed E-state index contributed by atoms with van der Waals surface area (Å²) < 4.78 is 9.98. The lowest BCUT2D eigenvalue weighted by Gasteiger charge is -2.07. The van der Waals surface area contributed by atoms with E-state index in [0.29, 0.717) is 11.3 Å². The van der Waals surface area contributed by atoms with Gasteiger partial charge in [-0.25, -0.2) is 5.43 Å². The normalized spacial score (nSPS) is 10.3. The molecule has 0 aliphatic rings. The Balaban J connectivity index is 3.21. The van der Waals surface area contributed by atoms with Crippen molar-refractivity contribution in [1.82, 2.24) is 5.43 Å². The van der Waals surface area contributed by atoms with Gasteiger partial charge in [-0.2, -0.15) is 5.10 Å². The summed E-state index contributed by atoms with van der Waals surface area (Å²) in [6.45, 7) is 1.30. The topological polar surface area (TPSA) is 103 Å². The van der Waals surface area contributed by atoms with Gasteiger partial charge in [0.25, 0.3) is 0 Å². The fourth-order valence-corrected chi connectivity index (χ4v) is 1.34. The van der Waals surface area contributed by atoms with Gasteiger partial charge in [-0.15, -0.1) is 0 Å². The molecular formula is C11H13N3O5. The molecule has 0 saturated heterocycles. The van der Waals surface area contributed by atoms with Crippen LogP contribution >= 0.6 is 0 Å². The molecule has 0 bridgehead atoms. The highest BCUT2D eigenvalue weighted by Crippen LogP contribution is 2.33. The van der Waals surface area contributed by atoms with Gasteiger partial charge in [0.2, 0.25) is 11.7 Å². The third kappa shape index (κ3) is 3.66. The molecular weight excluding hydrogens is 254 g/mol. The number of amides is 1. The second-order valence-corrected chi connectivity index (χ2v) is 3.45. The van der Waals surface area contributed by atoms with Gasteiger partial charge in [-0.05, 0) is 0 Å². The molecule has 8 nitrogen and oxygen atoms in total. The van der Waals surface area contributed by atoms with Crippen LogP contribution < -0.4 is 14.9 Å². The van der Waals surface area contributed by atoms with Crippen LogP contribution in [0.4, 0.5) is 5.69 Å². The predicted molar refractivity (Wildman–Crippen MR) is 67.6 cm³/mol. The van der Waals surface area contributed by atoms with Crippen LogP contribution in [0.15, 0.2) is 17.2 Å². The van der Waals surface area contributed by atoms with E-state index in [1.807, 2.05) is 0 Å². The lowest BCUT2D eigenvalue weighted by Crippen LogP contribution is -2.12. The summed E-state index contributed by atoms with van der Waals surface area (Å²) in [5.74, 6) is 0.0771. The number of hydrogen-bond acceptors (Lipinski definition) is 6. The molecule has 8 heteroatoms. The second-order valence-electron chi connectivity index (χ2n) is 3.45. The third-order valence-electron chi connectivity index (χ3n) is 2.15. The molecule has 0 heterocycles. The van der Waals surface area contributed by atoms with Crippen LogP contribution in [0, 0.1) is 10.1 Å². The number of nitro benzene ring substituents is 1. The summed E-state index contributed by atoms with van der Waals surface area (Å²) in [6, 6.07) is 2.64. The van der Waals surface area contributed by atoms with Gasteiger partial charge in [0.15, 0.2) is 0 Å². The van der Waals surface area contributed by atoms with Crippen LogP contribution in [0.2, 0.25) is 0 Å². The maximum absolute atomic E-state index is 10.9. The highest BCUT2D eigenvalue weighted by molar-refractivity contribution is 5.86. The number of ether oxygens (including phenoxy) is 2. The number of carbonyl (C=O) groups is 1. The Morgan fingerprint density at radius 1 is 1.37 bits per heavy atom. The van der Waals surface area contributed by atoms with Gasteiger partial charge >= 0.3 is 5.69 Å². The minimum absolute atomic E-state index is 0.0820. The van der Waals surface area contributed by atoms with Gasteiger partial charge in [0.05, 0.1) is 25.4 Å². The Morgan fingerprint density at radius 3 is 2.47 bits per heavy atom. The molecule has 1 aromatic carbocycles. The lowest BCUT2D eigenvalue weighted by atomic mass is 10.1. The van der Waals surface area contributed by atoms with Crippen molar-refractivity contribution in [2.45, 2.75) is 6.92 Å². The minimum atomic E-state index is -0.575. The number of nitro groups is 1. The molecule has 0 fully saturated rings. The van der Waals surface area contributed by atoms with Crippen molar-refractivity contribution in [3.05, 3.63) is 27.8 Å². The van der Waals surface area contributed by atoms with E-state index in [1.165, 1.54) is 39.5 Å². The summed E-state index contributed by atoms with van der Waals surface area (Å²) in [5, 5.41) is 14.5. The average molecular weight is 267 g/mol. The number of nitrogens with one attached hydrogen (secondary N) is 1. The van der Waals surface area contributed by atoms with E-state index in [2.05, 4.69) is 10.5 Å². The predicted octanol–water partition coefficient (Wildman–Crippen LogP) is 1.08. The Hall–Kier alpha value is -2.64. The van der Waals surface area contributed by atoms with Crippen molar-refractivity contribution < 1.29 is 19.2 Å². The zero-order valence-corrected chi connectivity index (χ0v) is 10.7. The first-order chi connectivity index (χ1) is 8.99. The molecule has 19 heavy (non-hydrogen) atoms. The van der Waals surface area contributed by atoms with E-state index < -0.39 is 4.92 Å². The smallest absolute Gasteiger partial charge is 0.311 e. The molecule has 0 saturated carbocycles. The summed E-state index contributed by atoms with van der Waals surface area (Å²) in [7, 11) is 2.74. The van der Waals surface area contributed by atoms with Crippen molar-refractivity contribution in [1.29, 1.82) is 0 Å². The molecule has 0 spiro atoms. The second kappa shape index (κ2) is 6.34. The van der Waals surface area contributed by atoms with Crippen molar-refractivity contribution in [3.8, 4) is 11.5 Å². The summed E-state index contributed by atoms with van der Waals surface area (Å²) in [6.07, 6.45) is 1.26. The van der Waals surface area contributed by atoms with Crippen molar-refractivity contribution >= 4 is 17.8 Å². The molecule has 102 valence electrons. The van der Waals surface area contributed by atoms with E-state index in [1.54, 1.807) is 0 Å². The molecule has 0 aliphatic carbocycles. The molecule has 0 aromatic heterocycles. The lowest BCUT2D eigenvalue weighted by molar-refractivity contribution is -0.385. The molecule has 0 atom stereocenters. The van der Waals surface area contributed by atoms with Gasteiger partial charge in [-0.1, -0.05) is 0 Å². The Kier molecular flexibility index (Phi) is 4.81. The van der Waals surface area contributed by atoms with Crippen LogP contribution in [-0.4, -0.2) is 31.3 Å². The first-order valence-corrected chi connectivity index (χ1v) is 5.19. The van der Waals surface area contributed by atoms with E-state index >= 15 is 0 Å². The molecule has 1 aromatic rings. The Bertz CT molecular complexity index is 527. The Morgan fingerprint density at radius 2 is 2.00 bits per heavy atom. The van der Waals surface area contributed by atoms with E-state index in [4.69, 9.17) is 9.47 Å². The summed E-state index contributed by atoms with van der Waals surface area (Å²) >= 11 is 0. The highest BCUT2D eigenvalue weighted by Gasteiger charge is 2.18. The maximum Gasteiger partial charge on any atom is 0.311 e. The number of methoxy groups -OCH3 is 2. The van der Waals surface area contributed by atoms with Gasteiger partial charge in [-0.3, -0.25) is 14.9 Å².